The van der Waals surface area contributed by atoms with Gasteiger partial charge in [-0.1, -0.05) is 30.8 Å². The van der Waals surface area contributed by atoms with Crippen LogP contribution in [0.4, 0.5) is 0 Å². The van der Waals surface area contributed by atoms with Crippen LogP contribution in [0.15, 0.2) is 0 Å². The predicted octanol–water partition coefficient (Wildman–Crippen LogP) is 1.68. The SMILES string of the molecule is CCCCCN(CC)C(=O)CCCS(=O)[O-]. The first-order chi connectivity index (χ1) is 7.61. The van der Waals surface area contributed by atoms with Gasteiger partial charge in [0, 0.05) is 25.3 Å². The van der Waals surface area contributed by atoms with Gasteiger partial charge >= 0.3 is 0 Å². The fourth-order valence-corrected chi connectivity index (χ4v) is 1.89. The minimum Gasteiger partial charge on any atom is -0.772 e. The number of unbranched alkanes of at least 4 members (excludes halogenated alkanes) is 2. The van der Waals surface area contributed by atoms with E-state index >= 15 is 0 Å². The number of carbonyl (C=O) groups excluding carboxylic acids is 1. The van der Waals surface area contributed by atoms with Crippen LogP contribution in [0, 0.1) is 0 Å². The summed E-state index contributed by atoms with van der Waals surface area (Å²) < 4.78 is 20.6. The Morgan fingerprint density at radius 3 is 2.44 bits per heavy atom. The van der Waals surface area contributed by atoms with Crippen LogP contribution < -0.4 is 0 Å². The summed E-state index contributed by atoms with van der Waals surface area (Å²) in [5.74, 6) is 0.155. The normalized spacial score (nSPS) is 12.4. The third kappa shape index (κ3) is 7.82. The van der Waals surface area contributed by atoms with E-state index in [-0.39, 0.29) is 11.7 Å². The van der Waals surface area contributed by atoms with Gasteiger partial charge < -0.3 is 9.45 Å². The summed E-state index contributed by atoms with van der Waals surface area (Å²) in [4.78, 5) is 13.5. The molecule has 0 radical (unpaired) electrons. The second-order valence-electron chi connectivity index (χ2n) is 3.79. The molecular formula is C11H22NO3S-. The Bertz CT molecular complexity index is 221. The average Bonchev–Trinajstić information content (AvgIpc) is 2.23. The standard InChI is InChI=1S/C11H23NO3S/c1-3-5-6-9-12(4-2)11(13)8-7-10-16(14)15/h3-10H2,1-2H3,(H,14,15)/p-1. The molecule has 0 aliphatic rings. The zero-order chi connectivity index (χ0) is 12.4. The molecule has 0 aromatic rings. The molecule has 0 aromatic heterocycles. The Hall–Kier alpha value is -0.420. The molecule has 5 heteroatoms. The zero-order valence-corrected chi connectivity index (χ0v) is 11.1. The number of amides is 1. The molecule has 0 N–H and O–H groups in total. The Labute approximate surface area is 101 Å². The molecule has 1 atom stereocenters. The Morgan fingerprint density at radius 2 is 1.94 bits per heavy atom. The lowest BCUT2D eigenvalue weighted by atomic mass is 10.2. The van der Waals surface area contributed by atoms with E-state index in [0.29, 0.717) is 19.4 Å². The molecule has 16 heavy (non-hydrogen) atoms. The van der Waals surface area contributed by atoms with Gasteiger partial charge in [-0.3, -0.25) is 9.00 Å². The third-order valence-electron chi connectivity index (χ3n) is 2.47. The number of nitrogens with zero attached hydrogens (tertiary/aromatic N) is 1. The van der Waals surface area contributed by atoms with Gasteiger partial charge in [0.15, 0.2) is 0 Å². The summed E-state index contributed by atoms with van der Waals surface area (Å²) in [7, 11) is 0. The fraction of sp³-hybridized carbons (Fsp3) is 0.909. The van der Waals surface area contributed by atoms with Crippen molar-refractivity contribution in [1.82, 2.24) is 4.90 Å². The molecule has 0 aromatic carbocycles. The highest BCUT2D eigenvalue weighted by Crippen LogP contribution is 2.03. The summed E-state index contributed by atoms with van der Waals surface area (Å²) in [6.07, 6.45) is 4.08. The molecule has 0 saturated heterocycles. The molecule has 0 bridgehead atoms. The van der Waals surface area contributed by atoms with E-state index in [2.05, 4.69) is 6.92 Å². The molecule has 0 saturated carbocycles. The second-order valence-corrected chi connectivity index (χ2v) is 4.81. The molecule has 0 fully saturated rings. The van der Waals surface area contributed by atoms with E-state index in [0.717, 1.165) is 25.8 Å². The van der Waals surface area contributed by atoms with Gasteiger partial charge in [0.25, 0.3) is 0 Å². The van der Waals surface area contributed by atoms with Crippen LogP contribution in [-0.2, 0) is 15.9 Å². The van der Waals surface area contributed by atoms with Crippen molar-refractivity contribution in [2.24, 2.45) is 0 Å². The van der Waals surface area contributed by atoms with Crippen molar-refractivity contribution in [3.05, 3.63) is 0 Å². The van der Waals surface area contributed by atoms with E-state index in [9.17, 15) is 13.6 Å². The van der Waals surface area contributed by atoms with Gasteiger partial charge in [-0.15, -0.1) is 0 Å². The van der Waals surface area contributed by atoms with Crippen LogP contribution >= 0.6 is 0 Å². The van der Waals surface area contributed by atoms with E-state index in [4.69, 9.17) is 0 Å². The fourth-order valence-electron chi connectivity index (χ4n) is 1.51. The molecule has 4 nitrogen and oxygen atoms in total. The van der Waals surface area contributed by atoms with E-state index in [1.807, 2.05) is 11.8 Å². The Balaban J connectivity index is 3.77. The number of rotatable bonds is 9. The highest BCUT2D eigenvalue weighted by Gasteiger charge is 2.10. The minimum atomic E-state index is -2.02. The van der Waals surface area contributed by atoms with Gasteiger partial charge in [-0.05, 0) is 19.8 Å². The topological polar surface area (TPSA) is 60.4 Å². The second kappa shape index (κ2) is 9.78. The molecule has 0 aliphatic carbocycles. The van der Waals surface area contributed by atoms with Crippen molar-refractivity contribution in [3.63, 3.8) is 0 Å². The van der Waals surface area contributed by atoms with E-state index < -0.39 is 11.1 Å². The lowest BCUT2D eigenvalue weighted by molar-refractivity contribution is -0.131. The van der Waals surface area contributed by atoms with E-state index in [1.165, 1.54) is 0 Å². The Kier molecular flexibility index (Phi) is 9.52. The molecular weight excluding hydrogens is 226 g/mol. The van der Waals surface area contributed by atoms with Crippen molar-refractivity contribution in [2.45, 2.75) is 46.0 Å². The predicted molar refractivity (Wildman–Crippen MR) is 64.8 cm³/mol. The molecule has 0 heterocycles. The first-order valence-electron chi connectivity index (χ1n) is 5.95. The van der Waals surface area contributed by atoms with Crippen molar-refractivity contribution in [3.8, 4) is 0 Å². The summed E-state index contributed by atoms with van der Waals surface area (Å²) in [5, 5.41) is 0. The maximum atomic E-state index is 11.7. The number of carbonyl (C=O) groups is 1. The highest BCUT2D eigenvalue weighted by atomic mass is 32.2. The van der Waals surface area contributed by atoms with Crippen LogP contribution in [0.2, 0.25) is 0 Å². The minimum absolute atomic E-state index is 0.0732. The van der Waals surface area contributed by atoms with Crippen molar-refractivity contribution in [1.29, 1.82) is 0 Å². The molecule has 0 spiro atoms. The summed E-state index contributed by atoms with van der Waals surface area (Å²) in [6, 6.07) is 0. The highest BCUT2D eigenvalue weighted by molar-refractivity contribution is 7.79. The summed E-state index contributed by atoms with van der Waals surface area (Å²) in [5.41, 5.74) is 0. The van der Waals surface area contributed by atoms with Crippen molar-refractivity contribution >= 4 is 17.0 Å². The lowest BCUT2D eigenvalue weighted by Gasteiger charge is -2.20. The summed E-state index contributed by atoms with van der Waals surface area (Å²) in [6.45, 7) is 5.59. The smallest absolute Gasteiger partial charge is 0.222 e. The summed E-state index contributed by atoms with van der Waals surface area (Å²) >= 11 is -2.02. The van der Waals surface area contributed by atoms with Crippen LogP contribution in [0.1, 0.15) is 46.0 Å². The van der Waals surface area contributed by atoms with Crippen LogP contribution in [0.3, 0.4) is 0 Å². The first kappa shape index (κ1) is 15.6. The van der Waals surface area contributed by atoms with E-state index in [1.54, 1.807) is 0 Å². The molecule has 0 rings (SSSR count). The zero-order valence-electron chi connectivity index (χ0n) is 10.2. The van der Waals surface area contributed by atoms with Gasteiger partial charge in [0.1, 0.15) is 0 Å². The van der Waals surface area contributed by atoms with Crippen molar-refractivity contribution < 1.29 is 13.6 Å². The number of hydrogen-bond acceptors (Lipinski definition) is 3. The van der Waals surface area contributed by atoms with Crippen LogP contribution in [0.25, 0.3) is 0 Å². The van der Waals surface area contributed by atoms with Gasteiger partial charge in [0.05, 0.1) is 0 Å². The maximum Gasteiger partial charge on any atom is 0.222 e. The Morgan fingerprint density at radius 1 is 1.25 bits per heavy atom. The monoisotopic (exact) mass is 248 g/mol. The molecule has 1 unspecified atom stereocenters. The quantitative estimate of drug-likeness (QED) is 0.461. The third-order valence-corrected chi connectivity index (χ3v) is 3.09. The average molecular weight is 248 g/mol. The largest absolute Gasteiger partial charge is 0.772 e. The van der Waals surface area contributed by atoms with Gasteiger partial charge in [0.2, 0.25) is 5.91 Å². The molecule has 1 amide bonds. The first-order valence-corrected chi connectivity index (χ1v) is 7.19. The van der Waals surface area contributed by atoms with Crippen molar-refractivity contribution in [2.75, 3.05) is 18.8 Å². The van der Waals surface area contributed by atoms with Gasteiger partial charge in [-0.2, -0.15) is 0 Å². The maximum absolute atomic E-state index is 11.7. The van der Waals surface area contributed by atoms with Crippen LogP contribution in [0.5, 0.6) is 0 Å². The molecule has 0 aliphatic heterocycles. The van der Waals surface area contributed by atoms with Crippen LogP contribution in [-0.4, -0.2) is 38.4 Å². The number of hydrogen-bond donors (Lipinski definition) is 0. The molecule has 96 valence electrons. The van der Waals surface area contributed by atoms with Gasteiger partial charge in [-0.25, -0.2) is 0 Å². The lowest BCUT2D eigenvalue weighted by Crippen LogP contribution is -2.31.